The van der Waals surface area contributed by atoms with Gasteiger partial charge in [-0.05, 0) is 64.2 Å². The number of carbonyl (C=O) groups excluding carboxylic acids is 1. The molecule has 0 N–H and O–H groups in total. The minimum Gasteiger partial charge on any atom is -0.334 e. The first-order valence-corrected chi connectivity index (χ1v) is 8.70. The second-order valence-corrected chi connectivity index (χ2v) is 7.55. The summed E-state index contributed by atoms with van der Waals surface area (Å²) >= 11 is 7.45. The van der Waals surface area contributed by atoms with E-state index in [1.165, 1.54) is 10.4 Å². The Morgan fingerprint density at radius 1 is 1.37 bits per heavy atom. The molecule has 1 amide bonds. The van der Waals surface area contributed by atoms with Gasteiger partial charge in [-0.3, -0.25) is 4.79 Å². The van der Waals surface area contributed by atoms with Crippen LogP contribution in [0.2, 0.25) is 0 Å². The fraction of sp³-hybridized carbons (Fsp3) is 0.214. The third kappa shape index (κ3) is 2.73. The van der Waals surface area contributed by atoms with E-state index >= 15 is 0 Å². The van der Waals surface area contributed by atoms with Crippen molar-refractivity contribution in [3.8, 4) is 0 Å². The number of thiophene rings is 1. The Kier molecular flexibility index (Phi) is 3.96. The average Bonchev–Trinajstić information content (AvgIpc) is 2.88. The molecule has 5 heteroatoms. The number of benzene rings is 1. The summed E-state index contributed by atoms with van der Waals surface area (Å²) in [6.45, 7) is 1.55. The molecule has 98 valence electrons. The number of halogens is 2. The molecular weight excluding hydrogens is 437 g/mol. The maximum Gasteiger partial charge on any atom is 0.255 e. The van der Waals surface area contributed by atoms with Gasteiger partial charge in [0.15, 0.2) is 0 Å². The highest BCUT2D eigenvalue weighted by atomic mass is 127. The van der Waals surface area contributed by atoms with Crippen LogP contribution in [0.4, 0.5) is 0 Å². The number of amides is 1. The van der Waals surface area contributed by atoms with Gasteiger partial charge in [0.2, 0.25) is 0 Å². The zero-order valence-corrected chi connectivity index (χ0v) is 14.6. The first-order valence-electron chi connectivity index (χ1n) is 5.95. The van der Waals surface area contributed by atoms with Crippen molar-refractivity contribution in [2.75, 3.05) is 6.54 Å². The normalized spacial score (nSPS) is 14.3. The quantitative estimate of drug-likeness (QED) is 0.596. The van der Waals surface area contributed by atoms with E-state index in [2.05, 4.69) is 50.0 Å². The fourth-order valence-electron chi connectivity index (χ4n) is 2.25. The van der Waals surface area contributed by atoms with Gasteiger partial charge < -0.3 is 4.90 Å². The third-order valence-corrected chi connectivity index (χ3v) is 5.71. The first kappa shape index (κ1) is 13.6. The lowest BCUT2D eigenvalue weighted by Gasteiger charge is -2.27. The molecule has 19 heavy (non-hydrogen) atoms. The SMILES string of the molecule is O=C(c1cc(Br)ccc1I)N1CCc2sccc2C1. The van der Waals surface area contributed by atoms with Crippen molar-refractivity contribution in [1.82, 2.24) is 4.90 Å². The fourth-order valence-corrected chi connectivity index (χ4v) is 4.07. The zero-order valence-electron chi connectivity index (χ0n) is 10.0. The van der Waals surface area contributed by atoms with Gasteiger partial charge in [-0.25, -0.2) is 0 Å². The van der Waals surface area contributed by atoms with Crippen molar-refractivity contribution in [2.45, 2.75) is 13.0 Å². The predicted octanol–water partition coefficient (Wildman–Crippen LogP) is 4.31. The Hall–Kier alpha value is -0.400. The molecule has 2 aromatic rings. The molecule has 1 aliphatic heterocycles. The summed E-state index contributed by atoms with van der Waals surface area (Å²) < 4.78 is 1.95. The van der Waals surface area contributed by atoms with Crippen LogP contribution in [0.1, 0.15) is 20.8 Å². The molecular formula is C14H11BrINOS. The monoisotopic (exact) mass is 447 g/mol. The highest BCUT2D eigenvalue weighted by molar-refractivity contribution is 14.1. The van der Waals surface area contributed by atoms with Crippen molar-refractivity contribution in [1.29, 1.82) is 0 Å². The molecule has 3 rings (SSSR count). The van der Waals surface area contributed by atoms with Gasteiger partial charge in [0.25, 0.3) is 5.91 Å². The Morgan fingerprint density at radius 3 is 3.05 bits per heavy atom. The van der Waals surface area contributed by atoms with Crippen molar-refractivity contribution in [2.24, 2.45) is 0 Å². The third-order valence-electron chi connectivity index (χ3n) is 3.25. The molecule has 0 unspecified atom stereocenters. The van der Waals surface area contributed by atoms with Gasteiger partial charge in [0, 0.05) is 26.0 Å². The molecule has 1 aromatic carbocycles. The van der Waals surface area contributed by atoms with E-state index in [0.717, 1.165) is 33.1 Å². The maximum atomic E-state index is 12.6. The predicted molar refractivity (Wildman–Crippen MR) is 89.6 cm³/mol. The van der Waals surface area contributed by atoms with Crippen LogP contribution in [0.5, 0.6) is 0 Å². The molecule has 0 radical (unpaired) electrons. The van der Waals surface area contributed by atoms with Crippen molar-refractivity contribution in [3.63, 3.8) is 0 Å². The second kappa shape index (κ2) is 5.54. The minimum atomic E-state index is 0.127. The molecule has 2 nitrogen and oxygen atoms in total. The molecule has 0 saturated carbocycles. The van der Waals surface area contributed by atoms with Crippen molar-refractivity contribution >= 4 is 55.8 Å². The summed E-state index contributed by atoms with van der Waals surface area (Å²) in [5.41, 5.74) is 2.09. The van der Waals surface area contributed by atoms with E-state index in [4.69, 9.17) is 0 Å². The lowest BCUT2D eigenvalue weighted by molar-refractivity contribution is 0.0734. The highest BCUT2D eigenvalue weighted by Gasteiger charge is 2.23. The number of rotatable bonds is 1. The van der Waals surface area contributed by atoms with E-state index in [1.54, 1.807) is 11.3 Å². The molecule has 0 atom stereocenters. The zero-order chi connectivity index (χ0) is 13.4. The van der Waals surface area contributed by atoms with Gasteiger partial charge in [-0.2, -0.15) is 0 Å². The molecule has 0 saturated heterocycles. The van der Waals surface area contributed by atoms with Crippen LogP contribution in [-0.2, 0) is 13.0 Å². The van der Waals surface area contributed by atoms with E-state index in [0.29, 0.717) is 0 Å². The van der Waals surface area contributed by atoms with Crippen molar-refractivity contribution < 1.29 is 4.79 Å². The Labute approximate surface area is 138 Å². The van der Waals surface area contributed by atoms with Crippen LogP contribution < -0.4 is 0 Å². The molecule has 0 spiro atoms. The number of nitrogens with zero attached hydrogens (tertiary/aromatic N) is 1. The molecule has 1 aliphatic rings. The van der Waals surface area contributed by atoms with E-state index in [9.17, 15) is 4.79 Å². The maximum absolute atomic E-state index is 12.6. The lowest BCUT2D eigenvalue weighted by atomic mass is 10.1. The number of hydrogen-bond donors (Lipinski definition) is 0. The standard InChI is InChI=1S/C14H11BrINOS/c15-10-1-2-12(16)11(7-10)14(18)17-5-3-13-9(8-17)4-6-19-13/h1-2,4,6-7H,3,5,8H2. The van der Waals surface area contributed by atoms with Crippen LogP contribution in [0.25, 0.3) is 0 Å². The summed E-state index contributed by atoms with van der Waals surface area (Å²) in [5, 5.41) is 2.11. The molecule has 0 aliphatic carbocycles. The summed E-state index contributed by atoms with van der Waals surface area (Å²) in [6.07, 6.45) is 0.976. The Bertz CT molecular complexity index is 640. The van der Waals surface area contributed by atoms with Gasteiger partial charge in [0.1, 0.15) is 0 Å². The first-order chi connectivity index (χ1) is 9.15. The van der Waals surface area contributed by atoms with Gasteiger partial charge in [0.05, 0.1) is 5.56 Å². The topological polar surface area (TPSA) is 20.3 Å². The summed E-state index contributed by atoms with van der Waals surface area (Å²) in [7, 11) is 0. The Morgan fingerprint density at radius 2 is 2.21 bits per heavy atom. The van der Waals surface area contributed by atoms with Crippen LogP contribution in [0, 0.1) is 3.57 Å². The largest absolute Gasteiger partial charge is 0.334 e. The van der Waals surface area contributed by atoms with Crippen LogP contribution >= 0.6 is 49.9 Å². The highest BCUT2D eigenvalue weighted by Crippen LogP contribution is 2.26. The molecule has 0 bridgehead atoms. The summed E-state index contributed by atoms with van der Waals surface area (Å²) in [6, 6.07) is 7.97. The molecule has 2 heterocycles. The average molecular weight is 448 g/mol. The van der Waals surface area contributed by atoms with E-state index < -0.39 is 0 Å². The minimum absolute atomic E-state index is 0.127. The van der Waals surface area contributed by atoms with Gasteiger partial charge in [-0.1, -0.05) is 15.9 Å². The summed E-state index contributed by atoms with van der Waals surface area (Å²) in [4.78, 5) is 16.0. The number of hydrogen-bond acceptors (Lipinski definition) is 2. The second-order valence-electron chi connectivity index (χ2n) is 4.47. The van der Waals surface area contributed by atoms with E-state index in [1.807, 2.05) is 23.1 Å². The lowest BCUT2D eigenvalue weighted by Crippen LogP contribution is -2.35. The van der Waals surface area contributed by atoms with E-state index in [-0.39, 0.29) is 5.91 Å². The van der Waals surface area contributed by atoms with Gasteiger partial charge >= 0.3 is 0 Å². The van der Waals surface area contributed by atoms with Crippen LogP contribution in [0.15, 0.2) is 34.1 Å². The summed E-state index contributed by atoms with van der Waals surface area (Å²) in [5.74, 6) is 0.127. The smallest absolute Gasteiger partial charge is 0.255 e. The molecule has 0 fully saturated rings. The van der Waals surface area contributed by atoms with Crippen molar-refractivity contribution in [3.05, 3.63) is 53.7 Å². The molecule has 1 aromatic heterocycles. The van der Waals surface area contributed by atoms with Gasteiger partial charge in [-0.15, -0.1) is 11.3 Å². The Balaban J connectivity index is 1.87. The van der Waals surface area contributed by atoms with Crippen LogP contribution in [-0.4, -0.2) is 17.4 Å². The number of fused-ring (bicyclic) bond motifs is 1. The number of carbonyl (C=O) groups is 1. The van der Waals surface area contributed by atoms with Crippen LogP contribution in [0.3, 0.4) is 0 Å².